The van der Waals surface area contributed by atoms with Crippen molar-refractivity contribution in [3.05, 3.63) is 101 Å². The summed E-state index contributed by atoms with van der Waals surface area (Å²) >= 11 is 6.08. The van der Waals surface area contributed by atoms with Gasteiger partial charge < -0.3 is 20.7 Å². The van der Waals surface area contributed by atoms with E-state index in [0.717, 1.165) is 11.1 Å². The molecule has 0 bridgehead atoms. The summed E-state index contributed by atoms with van der Waals surface area (Å²) in [7, 11) is 0. The number of fused-ring (bicyclic) bond motifs is 1. The van der Waals surface area contributed by atoms with Crippen molar-refractivity contribution in [2.45, 2.75) is 45.0 Å². The van der Waals surface area contributed by atoms with Crippen LogP contribution in [-0.2, 0) is 20.7 Å². The Kier molecular flexibility index (Phi) is 8.12. The monoisotopic (exact) mass is 532 g/mol. The van der Waals surface area contributed by atoms with Crippen LogP contribution >= 0.6 is 11.6 Å². The average molecular weight is 533 g/mol. The molecule has 1 aliphatic rings. The number of anilines is 1. The number of ether oxygens (including phenoxy) is 1. The summed E-state index contributed by atoms with van der Waals surface area (Å²) < 4.78 is 5.37. The number of rotatable bonds is 6. The van der Waals surface area contributed by atoms with Gasteiger partial charge in [-0.1, -0.05) is 72.3 Å². The van der Waals surface area contributed by atoms with Gasteiger partial charge in [-0.05, 0) is 44.5 Å². The van der Waals surface area contributed by atoms with Crippen LogP contribution in [0.4, 0.5) is 10.5 Å². The Morgan fingerprint density at radius 2 is 1.66 bits per heavy atom. The van der Waals surface area contributed by atoms with Crippen LogP contribution in [0.2, 0.25) is 5.02 Å². The Bertz CT molecular complexity index is 1350. The molecule has 9 heteroatoms. The number of benzodiazepines with no additional fused rings is 1. The van der Waals surface area contributed by atoms with Crippen LogP contribution in [0.1, 0.15) is 37.5 Å². The fourth-order valence-corrected chi connectivity index (χ4v) is 4.06. The number of nitrogens with zero attached hydrogens (tertiary/aromatic N) is 1. The van der Waals surface area contributed by atoms with Crippen molar-refractivity contribution in [2.24, 2.45) is 4.99 Å². The van der Waals surface area contributed by atoms with Gasteiger partial charge in [-0.2, -0.15) is 0 Å². The van der Waals surface area contributed by atoms with Gasteiger partial charge in [-0.25, -0.2) is 9.79 Å². The largest absolute Gasteiger partial charge is 0.444 e. The number of benzene rings is 3. The number of alkyl carbamates (subject to hydrolysis) is 1. The van der Waals surface area contributed by atoms with E-state index in [0.29, 0.717) is 22.0 Å². The molecule has 0 saturated heterocycles. The molecule has 0 aliphatic carbocycles. The van der Waals surface area contributed by atoms with E-state index < -0.39 is 35.7 Å². The predicted molar refractivity (Wildman–Crippen MR) is 147 cm³/mol. The third-order valence-electron chi connectivity index (χ3n) is 5.63. The first-order valence-electron chi connectivity index (χ1n) is 12.2. The number of carbonyl (C=O) groups is 3. The van der Waals surface area contributed by atoms with Crippen LogP contribution in [0, 0.1) is 0 Å². The maximum Gasteiger partial charge on any atom is 0.408 e. The van der Waals surface area contributed by atoms with E-state index in [1.807, 2.05) is 42.5 Å². The van der Waals surface area contributed by atoms with Crippen molar-refractivity contribution < 1.29 is 19.1 Å². The van der Waals surface area contributed by atoms with Crippen molar-refractivity contribution in [3.8, 4) is 0 Å². The van der Waals surface area contributed by atoms with Gasteiger partial charge in [0.2, 0.25) is 12.1 Å². The highest BCUT2D eigenvalue weighted by Crippen LogP contribution is 2.24. The van der Waals surface area contributed by atoms with Crippen LogP contribution in [0.3, 0.4) is 0 Å². The highest BCUT2D eigenvalue weighted by molar-refractivity contribution is 6.30. The third-order valence-corrected chi connectivity index (χ3v) is 5.89. The van der Waals surface area contributed by atoms with Gasteiger partial charge in [-0.3, -0.25) is 9.59 Å². The minimum absolute atomic E-state index is 0.189. The van der Waals surface area contributed by atoms with Crippen molar-refractivity contribution in [2.75, 3.05) is 5.32 Å². The minimum Gasteiger partial charge on any atom is -0.444 e. The van der Waals surface area contributed by atoms with E-state index in [2.05, 4.69) is 20.9 Å². The van der Waals surface area contributed by atoms with Crippen molar-refractivity contribution >= 4 is 40.9 Å². The lowest BCUT2D eigenvalue weighted by Gasteiger charge is -2.24. The molecule has 2 atom stereocenters. The fourth-order valence-electron chi connectivity index (χ4n) is 3.94. The van der Waals surface area contributed by atoms with Gasteiger partial charge in [0, 0.05) is 22.6 Å². The average Bonchev–Trinajstić information content (AvgIpc) is 3.00. The molecule has 2 unspecified atom stereocenters. The zero-order chi connectivity index (χ0) is 27.3. The van der Waals surface area contributed by atoms with Crippen molar-refractivity contribution in [3.63, 3.8) is 0 Å². The summed E-state index contributed by atoms with van der Waals surface area (Å²) in [5.74, 6) is -1.09. The lowest BCUT2D eigenvalue weighted by atomic mass is 10.0. The van der Waals surface area contributed by atoms with Gasteiger partial charge >= 0.3 is 6.09 Å². The normalized spacial score (nSPS) is 15.7. The Morgan fingerprint density at radius 3 is 2.34 bits per heavy atom. The Hall–Kier alpha value is -4.17. The maximum atomic E-state index is 13.5. The van der Waals surface area contributed by atoms with Gasteiger partial charge in [0.15, 0.2) is 0 Å². The summed E-state index contributed by atoms with van der Waals surface area (Å²) in [5.41, 5.74) is 2.59. The molecule has 4 rings (SSSR count). The Morgan fingerprint density at radius 1 is 1.00 bits per heavy atom. The molecule has 3 N–H and O–H groups in total. The molecule has 3 amide bonds. The number of halogens is 1. The molecule has 1 aliphatic heterocycles. The number of carbonyl (C=O) groups excluding carboxylic acids is 3. The first-order valence-corrected chi connectivity index (χ1v) is 12.5. The molecular formula is C29H29ClN4O4. The second-order valence-corrected chi connectivity index (χ2v) is 10.3. The molecule has 0 aromatic heterocycles. The van der Waals surface area contributed by atoms with Crippen LogP contribution in [0.5, 0.6) is 0 Å². The Balaban J connectivity index is 1.64. The molecule has 3 aromatic rings. The summed E-state index contributed by atoms with van der Waals surface area (Å²) in [6.07, 6.45) is -1.80. The van der Waals surface area contributed by atoms with E-state index in [1.54, 1.807) is 57.2 Å². The second kappa shape index (κ2) is 11.5. The van der Waals surface area contributed by atoms with E-state index in [4.69, 9.17) is 16.3 Å². The van der Waals surface area contributed by atoms with E-state index in [-0.39, 0.29) is 6.42 Å². The predicted octanol–water partition coefficient (Wildman–Crippen LogP) is 4.71. The molecule has 0 spiro atoms. The molecule has 0 saturated carbocycles. The van der Waals surface area contributed by atoms with Gasteiger partial charge in [0.1, 0.15) is 11.6 Å². The molecule has 38 heavy (non-hydrogen) atoms. The second-order valence-electron chi connectivity index (χ2n) is 9.82. The van der Waals surface area contributed by atoms with E-state index in [9.17, 15) is 14.4 Å². The summed E-state index contributed by atoms with van der Waals surface area (Å²) in [4.78, 5) is 43.9. The molecule has 8 nitrogen and oxygen atoms in total. The topological polar surface area (TPSA) is 109 Å². The molecule has 0 fully saturated rings. The quantitative estimate of drug-likeness (QED) is 0.427. The van der Waals surface area contributed by atoms with Crippen LogP contribution in [0.15, 0.2) is 83.9 Å². The van der Waals surface area contributed by atoms with Crippen LogP contribution in [-0.4, -0.2) is 41.4 Å². The lowest BCUT2D eigenvalue weighted by Crippen LogP contribution is -2.53. The highest BCUT2D eigenvalue weighted by atomic mass is 35.5. The zero-order valence-corrected chi connectivity index (χ0v) is 22.1. The molecule has 3 aromatic carbocycles. The molecule has 1 heterocycles. The molecule has 0 radical (unpaired) electrons. The first-order chi connectivity index (χ1) is 18.1. The van der Waals surface area contributed by atoms with Crippen LogP contribution in [0.25, 0.3) is 0 Å². The van der Waals surface area contributed by atoms with Crippen molar-refractivity contribution in [1.82, 2.24) is 10.6 Å². The van der Waals surface area contributed by atoms with E-state index in [1.165, 1.54) is 0 Å². The number of aliphatic imine (C=N–C) groups is 1. The summed E-state index contributed by atoms with van der Waals surface area (Å²) in [6.45, 7) is 5.21. The number of para-hydroxylation sites is 1. The van der Waals surface area contributed by atoms with Crippen LogP contribution < -0.4 is 16.0 Å². The third kappa shape index (κ3) is 6.98. The zero-order valence-electron chi connectivity index (χ0n) is 21.3. The maximum absolute atomic E-state index is 13.5. The first kappa shape index (κ1) is 26.9. The van der Waals surface area contributed by atoms with Gasteiger partial charge in [0.05, 0.1) is 11.4 Å². The SMILES string of the molecule is CC(C)(C)OC(=O)NC(Cc1ccccc1)C(=O)NC1N=C(c2ccc(Cl)cc2)c2ccccc2NC1=O. The number of nitrogens with one attached hydrogen (secondary N) is 3. The standard InChI is InChI=1S/C29H29ClN4O4/c1-29(2,3)38-28(37)32-23(17-18-9-5-4-6-10-18)26(35)34-25-27(36)31-22-12-8-7-11-21(22)24(33-25)19-13-15-20(30)16-14-19/h4-16,23,25H,17H2,1-3H3,(H,31,36)(H,32,37)(H,34,35). The highest BCUT2D eigenvalue weighted by Gasteiger charge is 2.31. The summed E-state index contributed by atoms with van der Waals surface area (Å²) in [6, 6.07) is 22.6. The van der Waals surface area contributed by atoms with Crippen molar-refractivity contribution in [1.29, 1.82) is 0 Å². The van der Waals surface area contributed by atoms with E-state index >= 15 is 0 Å². The lowest BCUT2D eigenvalue weighted by molar-refractivity contribution is -0.127. The Labute approximate surface area is 226 Å². The minimum atomic E-state index is -1.25. The molecule has 196 valence electrons. The van der Waals surface area contributed by atoms with Gasteiger partial charge in [-0.15, -0.1) is 0 Å². The summed E-state index contributed by atoms with van der Waals surface area (Å²) in [5, 5.41) is 8.75. The number of hydrogen-bond donors (Lipinski definition) is 3. The van der Waals surface area contributed by atoms with Gasteiger partial charge in [0.25, 0.3) is 5.91 Å². The number of amides is 3. The smallest absolute Gasteiger partial charge is 0.408 e. The molecular weight excluding hydrogens is 504 g/mol. The number of hydrogen-bond acceptors (Lipinski definition) is 5. The fraction of sp³-hybridized carbons (Fsp3) is 0.241.